The third kappa shape index (κ3) is 3.37. The van der Waals surface area contributed by atoms with Gasteiger partial charge in [0.05, 0.1) is 0 Å². The van der Waals surface area contributed by atoms with Gasteiger partial charge in [-0.25, -0.2) is 0 Å². The minimum absolute atomic E-state index is 0.776. The van der Waals surface area contributed by atoms with Gasteiger partial charge in [-0.3, -0.25) is 4.90 Å². The maximum absolute atomic E-state index is 3.82. The molecule has 0 bridgehead atoms. The highest BCUT2D eigenvalue weighted by Gasteiger charge is 2.24. The van der Waals surface area contributed by atoms with E-state index in [1.165, 1.54) is 56.3 Å². The van der Waals surface area contributed by atoms with Crippen LogP contribution in [0.4, 0.5) is 0 Å². The molecular weight excluding hydrogens is 232 g/mol. The molecule has 3 rings (SSSR count). The molecule has 19 heavy (non-hydrogen) atoms. The van der Waals surface area contributed by atoms with Gasteiger partial charge in [0.1, 0.15) is 0 Å². The first-order valence-electron chi connectivity index (χ1n) is 7.84. The van der Waals surface area contributed by atoms with E-state index in [9.17, 15) is 0 Å². The molecule has 0 atom stereocenters. The van der Waals surface area contributed by atoms with Crippen molar-refractivity contribution in [3.05, 3.63) is 35.4 Å². The summed E-state index contributed by atoms with van der Waals surface area (Å²) in [6.45, 7) is 5.85. The zero-order valence-electron chi connectivity index (χ0n) is 12.1. The van der Waals surface area contributed by atoms with Crippen LogP contribution in [0.3, 0.4) is 0 Å². The van der Waals surface area contributed by atoms with E-state index in [2.05, 4.69) is 41.4 Å². The van der Waals surface area contributed by atoms with E-state index in [0.29, 0.717) is 0 Å². The lowest BCUT2D eigenvalue weighted by molar-refractivity contribution is 0.171. The van der Waals surface area contributed by atoms with E-state index < -0.39 is 0 Å². The molecular formula is C17H26N2. The first-order valence-corrected chi connectivity index (χ1v) is 7.84. The van der Waals surface area contributed by atoms with Crippen molar-refractivity contribution >= 4 is 0 Å². The summed E-state index contributed by atoms with van der Waals surface area (Å²) in [5, 5.41) is 3.82. The van der Waals surface area contributed by atoms with Gasteiger partial charge in [0, 0.05) is 18.6 Å². The van der Waals surface area contributed by atoms with Crippen LogP contribution in [-0.4, -0.2) is 30.1 Å². The molecule has 104 valence electrons. The number of rotatable bonds is 4. The molecule has 0 amide bonds. The second-order valence-electron chi connectivity index (χ2n) is 6.27. The molecule has 2 heteroatoms. The van der Waals surface area contributed by atoms with Crippen molar-refractivity contribution in [2.75, 3.05) is 13.1 Å². The van der Waals surface area contributed by atoms with Crippen LogP contribution in [0.15, 0.2) is 24.3 Å². The van der Waals surface area contributed by atoms with Crippen molar-refractivity contribution < 1.29 is 0 Å². The van der Waals surface area contributed by atoms with Gasteiger partial charge in [0.25, 0.3) is 0 Å². The Bertz CT molecular complexity index is 403. The Hall–Kier alpha value is -0.860. The molecule has 0 unspecified atom stereocenters. The van der Waals surface area contributed by atoms with Crippen LogP contribution >= 0.6 is 0 Å². The molecule has 1 heterocycles. The molecule has 0 radical (unpaired) electrons. The lowest BCUT2D eigenvalue weighted by Crippen LogP contribution is -2.48. The second kappa shape index (κ2) is 6.06. The lowest BCUT2D eigenvalue weighted by Gasteiger charge is -2.37. The summed E-state index contributed by atoms with van der Waals surface area (Å²) < 4.78 is 0. The average Bonchev–Trinajstić information content (AvgIpc) is 2.38. The minimum atomic E-state index is 0.776. The highest BCUT2D eigenvalue weighted by molar-refractivity contribution is 5.25. The van der Waals surface area contributed by atoms with Crippen LogP contribution in [0.5, 0.6) is 0 Å². The Balaban J connectivity index is 1.46. The van der Waals surface area contributed by atoms with E-state index in [1.54, 1.807) is 0 Å². The zero-order valence-corrected chi connectivity index (χ0v) is 12.1. The largest absolute Gasteiger partial charge is 0.311 e. The van der Waals surface area contributed by atoms with Gasteiger partial charge >= 0.3 is 0 Å². The summed E-state index contributed by atoms with van der Waals surface area (Å²) in [7, 11) is 0. The topological polar surface area (TPSA) is 15.3 Å². The molecule has 1 N–H and O–H groups in total. The van der Waals surface area contributed by atoms with Gasteiger partial charge in [0.2, 0.25) is 0 Å². The van der Waals surface area contributed by atoms with Gasteiger partial charge in [-0.05, 0) is 56.8 Å². The summed E-state index contributed by atoms with van der Waals surface area (Å²) in [5.41, 5.74) is 2.92. The van der Waals surface area contributed by atoms with E-state index in [1.807, 2.05) is 0 Å². The number of nitrogens with zero attached hydrogens (tertiary/aromatic N) is 1. The molecule has 1 saturated carbocycles. The molecule has 1 aromatic carbocycles. The Morgan fingerprint density at radius 1 is 1.05 bits per heavy atom. The van der Waals surface area contributed by atoms with Crippen LogP contribution in [-0.2, 0) is 6.54 Å². The monoisotopic (exact) mass is 258 g/mol. The van der Waals surface area contributed by atoms with E-state index in [-0.39, 0.29) is 0 Å². The molecule has 2 nitrogen and oxygen atoms in total. The van der Waals surface area contributed by atoms with Crippen molar-refractivity contribution in [3.63, 3.8) is 0 Å². The highest BCUT2D eigenvalue weighted by atomic mass is 15.1. The molecule has 1 saturated heterocycles. The van der Waals surface area contributed by atoms with Gasteiger partial charge in [-0.2, -0.15) is 0 Å². The number of hydrogen-bond acceptors (Lipinski definition) is 2. The van der Waals surface area contributed by atoms with E-state index in [0.717, 1.165) is 18.6 Å². The molecule has 0 aromatic heterocycles. The molecule has 2 aliphatic rings. The number of nitrogens with one attached hydrogen (secondary N) is 1. The molecule has 0 spiro atoms. The number of hydrogen-bond donors (Lipinski definition) is 1. The molecule has 2 fully saturated rings. The van der Waals surface area contributed by atoms with Crippen LogP contribution in [0.2, 0.25) is 0 Å². The van der Waals surface area contributed by atoms with Crippen molar-refractivity contribution in [1.82, 2.24) is 10.2 Å². The zero-order chi connectivity index (χ0) is 13.1. The Morgan fingerprint density at radius 2 is 1.74 bits per heavy atom. The maximum Gasteiger partial charge on any atom is 0.0236 e. The predicted molar refractivity (Wildman–Crippen MR) is 80.3 cm³/mol. The average molecular weight is 258 g/mol. The Labute approximate surface area is 117 Å². The SMILES string of the molecule is Cc1ccccc1CN1CCC(NC2CCC2)CC1. The van der Waals surface area contributed by atoms with Crippen LogP contribution < -0.4 is 5.32 Å². The fourth-order valence-electron chi connectivity index (χ4n) is 3.19. The fraction of sp³-hybridized carbons (Fsp3) is 0.647. The standard InChI is InChI=1S/C17H26N2/c1-14-5-2-3-6-15(14)13-19-11-9-17(10-12-19)18-16-7-4-8-16/h2-3,5-6,16-18H,4,7-13H2,1H3. The Kier molecular flexibility index (Phi) is 4.19. The van der Waals surface area contributed by atoms with Gasteiger partial charge < -0.3 is 5.32 Å². The summed E-state index contributed by atoms with van der Waals surface area (Å²) in [5.74, 6) is 0. The number of piperidine rings is 1. The van der Waals surface area contributed by atoms with Gasteiger partial charge in [-0.1, -0.05) is 30.7 Å². The number of likely N-dealkylation sites (tertiary alicyclic amines) is 1. The first kappa shape index (κ1) is 13.1. The molecule has 1 aliphatic heterocycles. The molecule has 1 aromatic rings. The summed E-state index contributed by atoms with van der Waals surface area (Å²) in [6, 6.07) is 10.4. The van der Waals surface area contributed by atoms with Gasteiger partial charge in [0.15, 0.2) is 0 Å². The lowest BCUT2D eigenvalue weighted by atomic mass is 9.91. The van der Waals surface area contributed by atoms with E-state index >= 15 is 0 Å². The maximum atomic E-state index is 3.82. The third-order valence-corrected chi connectivity index (χ3v) is 4.82. The first-order chi connectivity index (χ1) is 9.31. The van der Waals surface area contributed by atoms with Gasteiger partial charge in [-0.15, -0.1) is 0 Å². The van der Waals surface area contributed by atoms with Crippen LogP contribution in [0.1, 0.15) is 43.2 Å². The Morgan fingerprint density at radius 3 is 2.37 bits per heavy atom. The van der Waals surface area contributed by atoms with Crippen LogP contribution in [0, 0.1) is 6.92 Å². The third-order valence-electron chi connectivity index (χ3n) is 4.82. The van der Waals surface area contributed by atoms with Crippen molar-refractivity contribution in [2.45, 2.75) is 57.7 Å². The second-order valence-corrected chi connectivity index (χ2v) is 6.27. The minimum Gasteiger partial charge on any atom is -0.311 e. The summed E-state index contributed by atoms with van der Waals surface area (Å²) >= 11 is 0. The van der Waals surface area contributed by atoms with Crippen molar-refractivity contribution in [2.24, 2.45) is 0 Å². The van der Waals surface area contributed by atoms with Crippen molar-refractivity contribution in [1.29, 1.82) is 0 Å². The quantitative estimate of drug-likeness (QED) is 0.893. The summed E-state index contributed by atoms with van der Waals surface area (Å²) in [6.07, 6.45) is 6.89. The highest BCUT2D eigenvalue weighted by Crippen LogP contribution is 2.22. The summed E-state index contributed by atoms with van der Waals surface area (Å²) in [4.78, 5) is 2.61. The smallest absolute Gasteiger partial charge is 0.0236 e. The normalized spacial score (nSPS) is 22.4. The fourth-order valence-corrected chi connectivity index (χ4v) is 3.19. The van der Waals surface area contributed by atoms with Crippen molar-refractivity contribution in [3.8, 4) is 0 Å². The number of aryl methyl sites for hydroxylation is 1. The van der Waals surface area contributed by atoms with Crippen LogP contribution in [0.25, 0.3) is 0 Å². The molecule has 1 aliphatic carbocycles. The predicted octanol–water partition coefficient (Wildman–Crippen LogP) is 3.10. The van der Waals surface area contributed by atoms with E-state index in [4.69, 9.17) is 0 Å². The number of benzene rings is 1.